The van der Waals surface area contributed by atoms with Crippen LogP contribution in [0.15, 0.2) is 29.6 Å². The Labute approximate surface area is 172 Å². The van der Waals surface area contributed by atoms with Crippen LogP contribution in [0.5, 0.6) is 5.75 Å². The van der Waals surface area contributed by atoms with Gasteiger partial charge in [0, 0.05) is 31.6 Å². The van der Waals surface area contributed by atoms with E-state index < -0.39 is 0 Å². The molecule has 1 amide bonds. The number of hydrogen-bond donors (Lipinski definition) is 1. The lowest BCUT2D eigenvalue weighted by atomic mass is 9.92. The molecule has 152 valence electrons. The van der Waals surface area contributed by atoms with Crippen molar-refractivity contribution in [1.82, 2.24) is 15.2 Å². The van der Waals surface area contributed by atoms with Crippen molar-refractivity contribution in [1.29, 1.82) is 0 Å². The summed E-state index contributed by atoms with van der Waals surface area (Å²) in [4.78, 5) is 19.2. The number of piperidine rings is 1. The van der Waals surface area contributed by atoms with E-state index in [1.807, 2.05) is 29.6 Å². The molecule has 0 spiro atoms. The fourth-order valence-electron chi connectivity index (χ4n) is 3.83. The molecule has 0 saturated carbocycles. The summed E-state index contributed by atoms with van der Waals surface area (Å²) in [6, 6.07) is 7.97. The zero-order valence-electron chi connectivity index (χ0n) is 17.1. The number of amides is 1. The molecule has 2 aromatic rings. The number of carbonyl (C=O) groups is 1. The minimum Gasteiger partial charge on any atom is -0.486 e. The van der Waals surface area contributed by atoms with Crippen LogP contribution in [0.4, 0.5) is 0 Å². The van der Waals surface area contributed by atoms with Crippen molar-refractivity contribution in [3.63, 3.8) is 0 Å². The molecule has 3 rings (SSSR count). The van der Waals surface area contributed by atoms with Gasteiger partial charge < -0.3 is 15.0 Å². The molecular weight excluding hydrogens is 370 g/mol. The number of hydrogen-bond acceptors (Lipinski definition) is 5. The van der Waals surface area contributed by atoms with E-state index in [0.29, 0.717) is 19.6 Å². The molecule has 1 aromatic carbocycles. The third-order valence-corrected chi connectivity index (χ3v) is 5.89. The van der Waals surface area contributed by atoms with Crippen molar-refractivity contribution in [2.75, 3.05) is 26.2 Å². The van der Waals surface area contributed by atoms with E-state index in [9.17, 15) is 4.79 Å². The van der Waals surface area contributed by atoms with E-state index in [1.54, 1.807) is 0 Å². The topological polar surface area (TPSA) is 54.5 Å². The van der Waals surface area contributed by atoms with Crippen LogP contribution in [0.3, 0.4) is 0 Å². The number of carbonyl (C=O) groups excluding carboxylic acids is 1. The Morgan fingerprint density at radius 1 is 1.25 bits per heavy atom. The fraction of sp³-hybridized carbons (Fsp3) is 0.545. The molecule has 0 aliphatic carbocycles. The molecule has 1 aliphatic heterocycles. The third kappa shape index (κ3) is 6.60. The normalized spacial score (nSPS) is 20.1. The minimum absolute atomic E-state index is 0.0365. The molecule has 1 saturated heterocycles. The summed E-state index contributed by atoms with van der Waals surface area (Å²) >= 11 is 1.54. The lowest BCUT2D eigenvalue weighted by Gasteiger charge is -2.34. The highest BCUT2D eigenvalue weighted by molar-refractivity contribution is 7.09. The van der Waals surface area contributed by atoms with Crippen LogP contribution in [0.1, 0.15) is 36.5 Å². The van der Waals surface area contributed by atoms with Crippen molar-refractivity contribution in [3.8, 4) is 5.75 Å². The fourth-order valence-corrected chi connectivity index (χ4v) is 4.54. The average molecular weight is 402 g/mol. The van der Waals surface area contributed by atoms with Crippen molar-refractivity contribution in [2.45, 2.75) is 40.2 Å². The van der Waals surface area contributed by atoms with Gasteiger partial charge in [-0.1, -0.05) is 31.5 Å². The van der Waals surface area contributed by atoms with E-state index in [0.717, 1.165) is 47.9 Å². The molecule has 1 N–H and O–H groups in total. The van der Waals surface area contributed by atoms with Crippen molar-refractivity contribution in [2.24, 2.45) is 11.8 Å². The Morgan fingerprint density at radius 2 is 1.96 bits per heavy atom. The number of rotatable bonds is 8. The van der Waals surface area contributed by atoms with Gasteiger partial charge in [-0.05, 0) is 37.3 Å². The summed E-state index contributed by atoms with van der Waals surface area (Å²) in [5.41, 5.74) is 2.02. The van der Waals surface area contributed by atoms with Gasteiger partial charge in [0.2, 0.25) is 5.91 Å². The van der Waals surface area contributed by atoms with Crippen LogP contribution >= 0.6 is 11.3 Å². The molecule has 1 fully saturated rings. The number of likely N-dealkylation sites (tertiary alicyclic amines) is 1. The second-order valence-corrected chi connectivity index (χ2v) is 9.01. The smallest absolute Gasteiger partial charge is 0.226 e. The van der Waals surface area contributed by atoms with E-state index in [2.05, 4.69) is 36.0 Å². The molecule has 1 aromatic heterocycles. The maximum Gasteiger partial charge on any atom is 0.226 e. The number of thiazole rings is 1. The molecule has 0 radical (unpaired) electrons. The first-order valence-corrected chi connectivity index (χ1v) is 11.0. The highest BCUT2D eigenvalue weighted by Gasteiger charge is 2.21. The lowest BCUT2D eigenvalue weighted by Crippen LogP contribution is -2.43. The summed E-state index contributed by atoms with van der Waals surface area (Å²) < 4.78 is 5.76. The molecule has 2 unspecified atom stereocenters. The number of benzene rings is 1. The monoisotopic (exact) mass is 401 g/mol. The molecule has 2 heterocycles. The van der Waals surface area contributed by atoms with Gasteiger partial charge in [0.1, 0.15) is 17.4 Å². The van der Waals surface area contributed by atoms with Crippen molar-refractivity contribution in [3.05, 3.63) is 45.9 Å². The summed E-state index contributed by atoms with van der Waals surface area (Å²) in [6.07, 6.45) is 1.64. The Balaban J connectivity index is 1.37. The first-order valence-electron chi connectivity index (χ1n) is 10.1. The largest absolute Gasteiger partial charge is 0.486 e. The summed E-state index contributed by atoms with van der Waals surface area (Å²) in [6.45, 7) is 11.0. The van der Waals surface area contributed by atoms with Crippen LogP contribution < -0.4 is 10.1 Å². The molecule has 0 bridgehead atoms. The van der Waals surface area contributed by atoms with Gasteiger partial charge in [0.15, 0.2) is 0 Å². The standard InChI is InChI=1S/C22H31N3O2S/c1-16-4-6-20(7-5-16)27-14-22-24-19(15-28-22)11-21(26)23-8-9-25-12-17(2)10-18(3)13-25/h4-7,15,17-18H,8-14H2,1-3H3,(H,23,26). The number of nitrogens with one attached hydrogen (secondary N) is 1. The number of ether oxygens (including phenoxy) is 1. The SMILES string of the molecule is Cc1ccc(OCc2nc(CC(=O)NCCN3CC(C)CC(C)C3)cs2)cc1. The molecule has 1 aliphatic rings. The predicted molar refractivity (Wildman–Crippen MR) is 114 cm³/mol. The third-order valence-electron chi connectivity index (χ3n) is 5.02. The maximum absolute atomic E-state index is 12.2. The number of nitrogens with zero attached hydrogens (tertiary/aromatic N) is 2. The zero-order chi connectivity index (χ0) is 19.9. The van der Waals surface area contributed by atoms with E-state index in [-0.39, 0.29) is 5.91 Å². The second-order valence-electron chi connectivity index (χ2n) is 8.07. The van der Waals surface area contributed by atoms with Gasteiger partial charge in [0.05, 0.1) is 12.1 Å². The zero-order valence-corrected chi connectivity index (χ0v) is 17.9. The van der Waals surface area contributed by atoms with Gasteiger partial charge in [-0.15, -0.1) is 11.3 Å². The molecule has 28 heavy (non-hydrogen) atoms. The highest BCUT2D eigenvalue weighted by Crippen LogP contribution is 2.20. The minimum atomic E-state index is 0.0365. The molecule has 2 atom stereocenters. The first-order chi connectivity index (χ1) is 13.5. The lowest BCUT2D eigenvalue weighted by molar-refractivity contribution is -0.120. The van der Waals surface area contributed by atoms with Crippen LogP contribution in [-0.4, -0.2) is 42.0 Å². The molecule has 5 nitrogen and oxygen atoms in total. The van der Waals surface area contributed by atoms with Crippen molar-refractivity contribution >= 4 is 17.2 Å². The Bertz CT molecular complexity index is 749. The van der Waals surface area contributed by atoms with E-state index >= 15 is 0 Å². The van der Waals surface area contributed by atoms with E-state index in [1.165, 1.54) is 23.3 Å². The van der Waals surface area contributed by atoms with Crippen LogP contribution in [-0.2, 0) is 17.8 Å². The van der Waals surface area contributed by atoms with Gasteiger partial charge in [-0.25, -0.2) is 4.98 Å². The van der Waals surface area contributed by atoms with Gasteiger partial charge in [-0.2, -0.15) is 0 Å². The first kappa shape index (κ1) is 20.8. The molecule has 6 heteroatoms. The van der Waals surface area contributed by atoms with Crippen LogP contribution in [0.25, 0.3) is 0 Å². The Hall–Kier alpha value is -1.92. The van der Waals surface area contributed by atoms with Crippen LogP contribution in [0, 0.1) is 18.8 Å². The highest BCUT2D eigenvalue weighted by atomic mass is 32.1. The summed E-state index contributed by atoms with van der Waals surface area (Å²) in [7, 11) is 0. The summed E-state index contributed by atoms with van der Waals surface area (Å²) in [5, 5.41) is 5.87. The Morgan fingerprint density at radius 3 is 2.68 bits per heavy atom. The van der Waals surface area contributed by atoms with Crippen LogP contribution in [0.2, 0.25) is 0 Å². The maximum atomic E-state index is 12.2. The molecular formula is C22H31N3O2S. The predicted octanol–water partition coefficient (Wildman–Crippen LogP) is 3.67. The van der Waals surface area contributed by atoms with Gasteiger partial charge in [-0.3, -0.25) is 4.79 Å². The number of aromatic nitrogens is 1. The van der Waals surface area contributed by atoms with Gasteiger partial charge in [0.25, 0.3) is 0 Å². The Kier molecular flexibility index (Phi) is 7.45. The average Bonchev–Trinajstić information content (AvgIpc) is 3.08. The number of aryl methyl sites for hydroxylation is 1. The van der Waals surface area contributed by atoms with Gasteiger partial charge >= 0.3 is 0 Å². The van der Waals surface area contributed by atoms with Crippen molar-refractivity contribution < 1.29 is 9.53 Å². The second kappa shape index (κ2) is 10.0. The van der Waals surface area contributed by atoms with E-state index in [4.69, 9.17) is 4.74 Å². The summed E-state index contributed by atoms with van der Waals surface area (Å²) in [5.74, 6) is 2.36. The quantitative estimate of drug-likeness (QED) is 0.733.